The molecule has 5 heteroatoms. The van der Waals surface area contributed by atoms with Gasteiger partial charge >= 0.3 is 6.09 Å². The number of hydrogen-bond donors (Lipinski definition) is 1. The van der Waals surface area contributed by atoms with Gasteiger partial charge in [0.05, 0.1) is 0 Å². The Balaban J connectivity index is 0.00000147. The standard InChI is InChI=1S/C15H20N2O2.ClH/c16-13-10-15(13)6-8-17(9-7-15)14(18)19-11-12-4-2-1-3-5-12;/h1-5,13H,6-11,16H2;1H. The van der Waals surface area contributed by atoms with Crippen LogP contribution in [0, 0.1) is 5.41 Å². The Morgan fingerprint density at radius 1 is 1.30 bits per heavy atom. The number of piperidine rings is 1. The van der Waals surface area contributed by atoms with Gasteiger partial charge in [-0.2, -0.15) is 0 Å². The molecule has 2 fully saturated rings. The van der Waals surface area contributed by atoms with Crippen LogP contribution in [0.1, 0.15) is 24.8 Å². The van der Waals surface area contributed by atoms with Gasteiger partial charge < -0.3 is 15.4 Å². The largest absolute Gasteiger partial charge is 0.445 e. The van der Waals surface area contributed by atoms with Crippen molar-refractivity contribution < 1.29 is 9.53 Å². The fourth-order valence-corrected chi connectivity index (χ4v) is 2.90. The van der Waals surface area contributed by atoms with E-state index in [9.17, 15) is 4.79 Å². The molecule has 1 aliphatic heterocycles. The summed E-state index contributed by atoms with van der Waals surface area (Å²) in [5, 5.41) is 0. The summed E-state index contributed by atoms with van der Waals surface area (Å²) in [7, 11) is 0. The van der Waals surface area contributed by atoms with Crippen LogP contribution in [0.5, 0.6) is 0 Å². The number of likely N-dealkylation sites (tertiary alicyclic amines) is 1. The average Bonchev–Trinajstić information content (AvgIpc) is 3.07. The summed E-state index contributed by atoms with van der Waals surface area (Å²) in [5.74, 6) is 0. The highest BCUT2D eigenvalue weighted by molar-refractivity contribution is 5.85. The second kappa shape index (κ2) is 6.02. The first-order valence-corrected chi connectivity index (χ1v) is 6.91. The van der Waals surface area contributed by atoms with Crippen molar-refractivity contribution in [2.75, 3.05) is 13.1 Å². The first-order valence-electron chi connectivity index (χ1n) is 6.91. The quantitative estimate of drug-likeness (QED) is 0.912. The summed E-state index contributed by atoms with van der Waals surface area (Å²) < 4.78 is 5.34. The molecule has 0 radical (unpaired) electrons. The number of amides is 1. The Hall–Kier alpha value is -1.26. The molecule has 3 rings (SSSR count). The number of hydrogen-bond acceptors (Lipinski definition) is 3. The summed E-state index contributed by atoms with van der Waals surface area (Å²) >= 11 is 0. The monoisotopic (exact) mass is 296 g/mol. The van der Waals surface area contributed by atoms with Gasteiger partial charge in [0.25, 0.3) is 0 Å². The molecule has 1 aliphatic carbocycles. The summed E-state index contributed by atoms with van der Waals surface area (Å²) in [5.41, 5.74) is 7.32. The van der Waals surface area contributed by atoms with Gasteiger partial charge in [0.15, 0.2) is 0 Å². The van der Waals surface area contributed by atoms with Gasteiger partial charge in [-0.25, -0.2) is 4.79 Å². The lowest BCUT2D eigenvalue weighted by molar-refractivity contribution is 0.0792. The van der Waals surface area contributed by atoms with E-state index in [-0.39, 0.29) is 18.5 Å². The van der Waals surface area contributed by atoms with Crippen molar-refractivity contribution in [1.82, 2.24) is 4.90 Å². The minimum atomic E-state index is -0.201. The maximum absolute atomic E-state index is 12.0. The Labute approximate surface area is 125 Å². The number of nitrogens with zero attached hydrogens (tertiary/aromatic N) is 1. The molecular formula is C15H21ClN2O2. The molecule has 1 saturated heterocycles. The fraction of sp³-hybridized carbons (Fsp3) is 0.533. The van der Waals surface area contributed by atoms with Crippen LogP contribution in [0.15, 0.2) is 30.3 Å². The van der Waals surface area contributed by atoms with Crippen molar-refractivity contribution in [2.45, 2.75) is 31.9 Å². The predicted molar refractivity (Wildman–Crippen MR) is 79.7 cm³/mol. The van der Waals surface area contributed by atoms with E-state index < -0.39 is 0 Å². The zero-order valence-corrected chi connectivity index (χ0v) is 12.3. The molecule has 1 saturated carbocycles. The van der Waals surface area contributed by atoms with Crippen molar-refractivity contribution in [3.05, 3.63) is 35.9 Å². The fourth-order valence-electron chi connectivity index (χ4n) is 2.90. The van der Waals surface area contributed by atoms with Gasteiger partial charge in [-0.05, 0) is 30.2 Å². The molecule has 1 unspecified atom stereocenters. The average molecular weight is 297 g/mol. The van der Waals surface area contributed by atoms with E-state index in [0.717, 1.165) is 37.9 Å². The van der Waals surface area contributed by atoms with Gasteiger partial charge in [-0.3, -0.25) is 0 Å². The Morgan fingerprint density at radius 3 is 2.45 bits per heavy atom. The Morgan fingerprint density at radius 2 is 1.90 bits per heavy atom. The molecule has 1 aromatic carbocycles. The molecule has 0 bridgehead atoms. The first-order chi connectivity index (χ1) is 9.20. The topological polar surface area (TPSA) is 55.6 Å². The van der Waals surface area contributed by atoms with Gasteiger partial charge in [-0.1, -0.05) is 30.3 Å². The predicted octanol–water partition coefficient (Wildman–Crippen LogP) is 2.56. The normalized spacial score (nSPS) is 23.1. The molecule has 2 aliphatic rings. The second-order valence-electron chi connectivity index (χ2n) is 5.70. The SMILES string of the molecule is Cl.NC1CC12CCN(C(=O)OCc1ccccc1)CC2. The van der Waals surface area contributed by atoms with E-state index in [0.29, 0.717) is 18.1 Å². The number of carbonyl (C=O) groups excluding carboxylic acids is 1. The highest BCUT2D eigenvalue weighted by atomic mass is 35.5. The van der Waals surface area contributed by atoms with Gasteiger partial charge in [0.2, 0.25) is 0 Å². The summed E-state index contributed by atoms with van der Waals surface area (Å²) in [6, 6.07) is 10.1. The van der Waals surface area contributed by atoms with E-state index in [2.05, 4.69) is 0 Å². The third-order valence-electron chi connectivity index (χ3n) is 4.48. The summed E-state index contributed by atoms with van der Waals surface area (Å²) in [6.45, 7) is 1.91. The lowest BCUT2D eigenvalue weighted by atomic mass is 9.93. The van der Waals surface area contributed by atoms with Crippen molar-refractivity contribution in [2.24, 2.45) is 11.1 Å². The summed E-state index contributed by atoms with van der Waals surface area (Å²) in [6.07, 6.45) is 2.97. The lowest BCUT2D eigenvalue weighted by Gasteiger charge is -2.31. The highest BCUT2D eigenvalue weighted by Gasteiger charge is 2.53. The van der Waals surface area contributed by atoms with Crippen molar-refractivity contribution in [1.29, 1.82) is 0 Å². The van der Waals surface area contributed by atoms with E-state index in [1.807, 2.05) is 30.3 Å². The van der Waals surface area contributed by atoms with Crippen LogP contribution < -0.4 is 5.73 Å². The van der Waals surface area contributed by atoms with Gasteiger partial charge in [0, 0.05) is 19.1 Å². The van der Waals surface area contributed by atoms with E-state index in [1.165, 1.54) is 0 Å². The summed E-state index contributed by atoms with van der Waals surface area (Å²) in [4.78, 5) is 13.8. The molecule has 1 spiro atoms. The number of carbonyl (C=O) groups is 1. The van der Waals surface area contributed by atoms with E-state index >= 15 is 0 Å². The van der Waals surface area contributed by atoms with Crippen LogP contribution >= 0.6 is 12.4 Å². The lowest BCUT2D eigenvalue weighted by Crippen LogP contribution is -2.40. The number of halogens is 1. The van der Waals surface area contributed by atoms with E-state index in [4.69, 9.17) is 10.5 Å². The highest BCUT2D eigenvalue weighted by Crippen LogP contribution is 2.52. The Kier molecular flexibility index (Phi) is 4.55. The smallest absolute Gasteiger partial charge is 0.410 e. The molecule has 1 atom stereocenters. The number of nitrogens with two attached hydrogens (primary N) is 1. The first kappa shape index (κ1) is 15.1. The molecule has 4 nitrogen and oxygen atoms in total. The molecule has 2 N–H and O–H groups in total. The third-order valence-corrected chi connectivity index (χ3v) is 4.48. The van der Waals surface area contributed by atoms with Crippen LogP contribution in [0.25, 0.3) is 0 Å². The molecular weight excluding hydrogens is 276 g/mol. The van der Waals surface area contributed by atoms with Crippen LogP contribution in [0.2, 0.25) is 0 Å². The molecule has 1 aromatic rings. The Bertz CT molecular complexity index is 458. The van der Waals surface area contributed by atoms with Crippen molar-refractivity contribution >= 4 is 18.5 Å². The van der Waals surface area contributed by atoms with Crippen LogP contribution in [-0.4, -0.2) is 30.1 Å². The van der Waals surface area contributed by atoms with Crippen LogP contribution in [-0.2, 0) is 11.3 Å². The number of ether oxygens (including phenoxy) is 1. The molecule has 1 heterocycles. The number of rotatable bonds is 2. The molecule has 0 aromatic heterocycles. The van der Waals surface area contributed by atoms with Crippen LogP contribution in [0.4, 0.5) is 4.79 Å². The van der Waals surface area contributed by atoms with Gasteiger partial charge in [0.1, 0.15) is 6.61 Å². The minimum absolute atomic E-state index is 0. The van der Waals surface area contributed by atoms with Crippen molar-refractivity contribution in [3.8, 4) is 0 Å². The minimum Gasteiger partial charge on any atom is -0.445 e. The maximum Gasteiger partial charge on any atom is 0.410 e. The maximum atomic E-state index is 12.0. The van der Waals surface area contributed by atoms with Crippen molar-refractivity contribution in [3.63, 3.8) is 0 Å². The zero-order valence-electron chi connectivity index (χ0n) is 11.5. The molecule has 110 valence electrons. The third kappa shape index (κ3) is 3.07. The van der Waals surface area contributed by atoms with Gasteiger partial charge in [-0.15, -0.1) is 12.4 Å². The van der Waals surface area contributed by atoms with E-state index in [1.54, 1.807) is 4.90 Å². The second-order valence-corrected chi connectivity index (χ2v) is 5.70. The molecule has 20 heavy (non-hydrogen) atoms. The van der Waals surface area contributed by atoms with Crippen LogP contribution in [0.3, 0.4) is 0 Å². The number of benzene rings is 1. The molecule has 1 amide bonds. The zero-order chi connectivity index (χ0) is 13.3.